The molecular weight excluding hydrogens is 368 g/mol. The molecule has 0 aliphatic carbocycles. The Morgan fingerprint density at radius 1 is 1.21 bits per heavy atom. The summed E-state index contributed by atoms with van der Waals surface area (Å²) >= 11 is 0. The van der Waals surface area contributed by atoms with E-state index in [4.69, 9.17) is 4.42 Å². The number of nitrogens with one attached hydrogen (secondary N) is 1. The van der Waals surface area contributed by atoms with Crippen molar-refractivity contribution in [2.75, 3.05) is 0 Å². The molecule has 7 nitrogen and oxygen atoms in total. The Balaban J connectivity index is 1.41. The second kappa shape index (κ2) is 6.70. The molecule has 7 heteroatoms. The van der Waals surface area contributed by atoms with Gasteiger partial charge in [-0.25, -0.2) is 10.4 Å². The minimum Gasteiger partial charge on any atom is -0.455 e. The van der Waals surface area contributed by atoms with Crippen molar-refractivity contribution in [2.24, 2.45) is 5.10 Å². The highest BCUT2D eigenvalue weighted by molar-refractivity contribution is 6.02. The lowest BCUT2D eigenvalue weighted by atomic mass is 10.1. The molecule has 5 rings (SSSR count). The van der Waals surface area contributed by atoms with Crippen molar-refractivity contribution >= 4 is 33.5 Å². The molecule has 2 aromatic heterocycles. The average Bonchev–Trinajstić information content (AvgIpc) is 3.38. The molecule has 3 heterocycles. The molecule has 0 saturated carbocycles. The van der Waals surface area contributed by atoms with Gasteiger partial charge in [0.25, 0.3) is 11.5 Å². The van der Waals surface area contributed by atoms with E-state index in [2.05, 4.69) is 15.5 Å². The second-order valence-corrected chi connectivity index (χ2v) is 7.11. The van der Waals surface area contributed by atoms with Crippen LogP contribution in [0.4, 0.5) is 0 Å². The van der Waals surface area contributed by atoms with Gasteiger partial charge in [-0.05, 0) is 43.7 Å². The van der Waals surface area contributed by atoms with E-state index in [1.54, 1.807) is 29.7 Å². The van der Waals surface area contributed by atoms with Crippen molar-refractivity contribution in [3.8, 4) is 0 Å². The number of hydrogen-bond acceptors (Lipinski definition) is 5. The topological polar surface area (TPSA) is 89.5 Å². The molecule has 144 valence electrons. The lowest BCUT2D eigenvalue weighted by Crippen LogP contribution is -2.22. The Kier molecular flexibility index (Phi) is 4.01. The van der Waals surface area contributed by atoms with Crippen molar-refractivity contribution in [3.63, 3.8) is 0 Å². The zero-order valence-electron chi connectivity index (χ0n) is 15.8. The highest BCUT2D eigenvalue weighted by Crippen LogP contribution is 2.19. The molecule has 0 radical (unpaired) electrons. The van der Waals surface area contributed by atoms with Crippen LogP contribution >= 0.6 is 0 Å². The molecule has 1 aliphatic rings. The molecule has 2 aromatic carbocycles. The van der Waals surface area contributed by atoms with E-state index in [1.165, 1.54) is 0 Å². The summed E-state index contributed by atoms with van der Waals surface area (Å²) in [6.07, 6.45) is 1.70. The smallest absolute Gasteiger partial charge is 0.271 e. The molecule has 29 heavy (non-hydrogen) atoms. The van der Waals surface area contributed by atoms with Gasteiger partial charge in [-0.3, -0.25) is 14.2 Å². The van der Waals surface area contributed by atoms with Crippen molar-refractivity contribution in [3.05, 3.63) is 76.0 Å². The van der Waals surface area contributed by atoms with Crippen molar-refractivity contribution < 1.29 is 9.21 Å². The highest BCUT2D eigenvalue weighted by Gasteiger charge is 2.17. The van der Waals surface area contributed by atoms with E-state index in [9.17, 15) is 9.59 Å². The van der Waals surface area contributed by atoms with Gasteiger partial charge < -0.3 is 4.42 Å². The monoisotopic (exact) mass is 386 g/mol. The third-order valence-electron chi connectivity index (χ3n) is 5.19. The number of para-hydroxylation sites is 1. The largest absolute Gasteiger partial charge is 0.455 e. The normalized spacial score (nSPS) is 13.8. The summed E-state index contributed by atoms with van der Waals surface area (Å²) in [5.74, 6) is 0.999. The Hall–Kier alpha value is -3.74. The van der Waals surface area contributed by atoms with Gasteiger partial charge >= 0.3 is 0 Å². The number of furan rings is 1. The molecule has 0 fully saturated rings. The first-order chi connectivity index (χ1) is 14.1. The van der Waals surface area contributed by atoms with Crippen LogP contribution in [0.2, 0.25) is 0 Å². The first-order valence-electron chi connectivity index (χ1n) is 9.47. The van der Waals surface area contributed by atoms with Gasteiger partial charge in [0, 0.05) is 23.9 Å². The predicted octanol–water partition coefficient (Wildman–Crippen LogP) is 3.24. The molecule has 1 amide bonds. The van der Waals surface area contributed by atoms with Gasteiger partial charge in [-0.2, -0.15) is 5.10 Å². The van der Waals surface area contributed by atoms with Crippen molar-refractivity contribution in [1.29, 1.82) is 0 Å². The number of hydrogen-bond donors (Lipinski definition) is 1. The zero-order valence-corrected chi connectivity index (χ0v) is 15.8. The van der Waals surface area contributed by atoms with Crippen molar-refractivity contribution in [1.82, 2.24) is 15.0 Å². The fraction of sp³-hybridized carbons (Fsp3) is 0.182. The first kappa shape index (κ1) is 17.4. The minimum atomic E-state index is -0.371. The standard InChI is InChI=1S/C22H18N4O3/c1-13(19-12-14-5-2-3-6-18(14)29-19)24-25-21(27)15-8-9-16-17(11-15)23-20-7-4-10-26(20)22(16)28/h2-3,5-6,8-9,11-12H,4,7,10H2,1H3,(H,25,27)/b24-13-. The van der Waals surface area contributed by atoms with Crippen LogP contribution in [0.3, 0.4) is 0 Å². The fourth-order valence-electron chi connectivity index (χ4n) is 3.64. The number of amides is 1. The zero-order chi connectivity index (χ0) is 20.0. The van der Waals surface area contributed by atoms with Crippen LogP contribution in [0.15, 0.2) is 62.8 Å². The van der Waals surface area contributed by atoms with Crippen LogP contribution in [0.1, 0.15) is 35.3 Å². The molecule has 0 atom stereocenters. The Morgan fingerprint density at radius 3 is 2.93 bits per heavy atom. The number of benzene rings is 2. The van der Waals surface area contributed by atoms with Gasteiger partial charge in [0.15, 0.2) is 5.76 Å². The summed E-state index contributed by atoms with van der Waals surface area (Å²) in [6, 6.07) is 14.5. The fourth-order valence-corrected chi connectivity index (χ4v) is 3.64. The van der Waals surface area contributed by atoms with E-state index >= 15 is 0 Å². The molecule has 0 spiro atoms. The number of hydrazone groups is 1. The molecule has 1 N–H and O–H groups in total. The van der Waals surface area contributed by atoms with E-state index in [0.717, 1.165) is 29.6 Å². The van der Waals surface area contributed by atoms with E-state index in [0.29, 0.717) is 34.5 Å². The molecule has 1 aliphatic heterocycles. The Labute approximate surface area is 165 Å². The lowest BCUT2D eigenvalue weighted by Gasteiger charge is -2.06. The predicted molar refractivity (Wildman–Crippen MR) is 110 cm³/mol. The van der Waals surface area contributed by atoms with Gasteiger partial charge in [-0.15, -0.1) is 0 Å². The number of aromatic nitrogens is 2. The molecular formula is C22H18N4O3. The van der Waals surface area contributed by atoms with Crippen LogP contribution in [0.5, 0.6) is 0 Å². The minimum absolute atomic E-state index is 0.0480. The number of nitrogens with zero attached hydrogens (tertiary/aromatic N) is 3. The van der Waals surface area contributed by atoms with Gasteiger partial charge in [0.1, 0.15) is 17.1 Å². The number of fused-ring (bicyclic) bond motifs is 3. The van der Waals surface area contributed by atoms with E-state index in [1.807, 2.05) is 30.3 Å². The van der Waals surface area contributed by atoms with Gasteiger partial charge in [0.2, 0.25) is 0 Å². The van der Waals surface area contributed by atoms with Gasteiger partial charge in [-0.1, -0.05) is 18.2 Å². The average molecular weight is 386 g/mol. The summed E-state index contributed by atoms with van der Waals surface area (Å²) in [5.41, 5.74) is 4.76. The third-order valence-corrected chi connectivity index (χ3v) is 5.19. The van der Waals surface area contributed by atoms with Crippen LogP contribution in [0, 0.1) is 0 Å². The number of carbonyl (C=O) groups excluding carboxylic acids is 1. The second-order valence-electron chi connectivity index (χ2n) is 7.11. The number of rotatable bonds is 3. The summed E-state index contributed by atoms with van der Waals surface area (Å²) in [4.78, 5) is 29.7. The summed E-state index contributed by atoms with van der Waals surface area (Å²) in [5, 5.41) is 5.66. The number of carbonyl (C=O) groups is 1. The summed E-state index contributed by atoms with van der Waals surface area (Å²) in [7, 11) is 0. The SMILES string of the molecule is C/C(=N/NC(=O)c1ccc2c(=O)n3c(nc2c1)CCC3)c1cc2ccccc2o1. The third kappa shape index (κ3) is 3.00. The molecule has 0 saturated heterocycles. The van der Waals surface area contributed by atoms with Crippen LogP contribution < -0.4 is 11.0 Å². The maximum absolute atomic E-state index is 12.6. The van der Waals surface area contributed by atoms with Gasteiger partial charge in [0.05, 0.1) is 10.9 Å². The molecule has 0 unspecified atom stereocenters. The quantitative estimate of drug-likeness (QED) is 0.432. The van der Waals surface area contributed by atoms with Crippen LogP contribution in [0.25, 0.3) is 21.9 Å². The molecule has 4 aromatic rings. The maximum Gasteiger partial charge on any atom is 0.271 e. The van der Waals surface area contributed by atoms with E-state index in [-0.39, 0.29) is 11.5 Å². The van der Waals surface area contributed by atoms with Crippen molar-refractivity contribution in [2.45, 2.75) is 26.3 Å². The highest BCUT2D eigenvalue weighted by atomic mass is 16.3. The Morgan fingerprint density at radius 2 is 2.07 bits per heavy atom. The van der Waals surface area contributed by atoms with Crippen LogP contribution in [-0.4, -0.2) is 21.2 Å². The summed E-state index contributed by atoms with van der Waals surface area (Å²) < 4.78 is 7.46. The first-order valence-corrected chi connectivity index (χ1v) is 9.47. The lowest BCUT2D eigenvalue weighted by molar-refractivity contribution is 0.0955. The Bertz CT molecular complexity index is 1330. The maximum atomic E-state index is 12.6. The summed E-state index contributed by atoms with van der Waals surface area (Å²) in [6.45, 7) is 2.47. The number of aryl methyl sites for hydroxylation is 1. The van der Waals surface area contributed by atoms with Crippen LogP contribution in [-0.2, 0) is 13.0 Å². The van der Waals surface area contributed by atoms with E-state index < -0.39 is 0 Å². The molecule has 0 bridgehead atoms.